The van der Waals surface area contributed by atoms with Crippen LogP contribution in [-0.2, 0) is 6.54 Å². The van der Waals surface area contributed by atoms with Gasteiger partial charge in [0.25, 0.3) is 0 Å². The van der Waals surface area contributed by atoms with Crippen LogP contribution in [0.4, 0.5) is 11.6 Å². The van der Waals surface area contributed by atoms with E-state index in [-0.39, 0.29) is 0 Å². The third kappa shape index (κ3) is 3.85. The Labute approximate surface area is 143 Å². The van der Waals surface area contributed by atoms with Crippen LogP contribution in [-0.4, -0.2) is 47.1 Å². The number of nitrogens with one attached hydrogen (secondary N) is 1. The summed E-state index contributed by atoms with van der Waals surface area (Å²) in [5.41, 5.74) is 1.39. The molecule has 0 radical (unpaired) electrons. The lowest BCUT2D eigenvalue weighted by molar-refractivity contribution is 0.249. The second-order valence-corrected chi connectivity index (χ2v) is 6.83. The zero-order valence-electron chi connectivity index (χ0n) is 14.3. The number of anilines is 2. The molecule has 2 heterocycles. The highest BCUT2D eigenvalue weighted by atomic mass is 15.3. The number of hydrogen-bond acceptors (Lipinski definition) is 5. The summed E-state index contributed by atoms with van der Waals surface area (Å²) < 4.78 is 0. The molecular weight excluding hydrogens is 298 g/mol. The van der Waals surface area contributed by atoms with Crippen molar-refractivity contribution in [3.63, 3.8) is 0 Å². The summed E-state index contributed by atoms with van der Waals surface area (Å²) in [4.78, 5) is 14.1. The van der Waals surface area contributed by atoms with Crippen LogP contribution < -0.4 is 10.2 Å². The molecule has 1 saturated heterocycles. The van der Waals surface area contributed by atoms with E-state index < -0.39 is 0 Å². The Hall–Kier alpha value is -2.14. The number of aromatic nitrogens is 2. The Morgan fingerprint density at radius 2 is 1.79 bits per heavy atom. The lowest BCUT2D eigenvalue weighted by Crippen LogP contribution is -2.46. The van der Waals surface area contributed by atoms with E-state index in [1.54, 1.807) is 0 Å². The molecule has 2 fully saturated rings. The molecule has 1 aliphatic carbocycles. The van der Waals surface area contributed by atoms with Crippen LogP contribution in [0.1, 0.15) is 24.2 Å². The van der Waals surface area contributed by atoms with Gasteiger partial charge >= 0.3 is 0 Å². The molecule has 5 heteroatoms. The average molecular weight is 323 g/mol. The van der Waals surface area contributed by atoms with Crippen molar-refractivity contribution in [1.29, 1.82) is 0 Å². The van der Waals surface area contributed by atoms with Crippen molar-refractivity contribution < 1.29 is 0 Å². The van der Waals surface area contributed by atoms with E-state index in [0.717, 1.165) is 50.2 Å². The summed E-state index contributed by atoms with van der Waals surface area (Å²) in [5, 5.41) is 3.49. The molecule has 1 aromatic carbocycles. The first-order chi connectivity index (χ1) is 11.8. The molecule has 0 atom stereocenters. The first-order valence-corrected chi connectivity index (χ1v) is 8.90. The van der Waals surface area contributed by atoms with Gasteiger partial charge in [-0.3, -0.25) is 4.90 Å². The third-order valence-electron chi connectivity index (χ3n) is 4.70. The first kappa shape index (κ1) is 15.4. The second kappa shape index (κ2) is 6.77. The lowest BCUT2D eigenvalue weighted by Gasteiger charge is -2.35. The summed E-state index contributed by atoms with van der Waals surface area (Å²) in [7, 11) is 0. The van der Waals surface area contributed by atoms with Gasteiger partial charge in [-0.1, -0.05) is 30.3 Å². The fourth-order valence-electron chi connectivity index (χ4n) is 3.20. The standard InChI is InChI=1S/C19H25N5/c1-15-20-18(22-17-7-8-17)13-19(21-15)24-11-9-23(10-12-24)14-16-5-3-2-4-6-16/h2-6,13,17H,7-12,14H2,1H3,(H,20,21,22). The molecule has 2 aliphatic rings. The SMILES string of the molecule is Cc1nc(NC2CC2)cc(N2CCN(Cc3ccccc3)CC2)n1. The molecule has 1 N–H and O–H groups in total. The van der Waals surface area contributed by atoms with Crippen LogP contribution >= 0.6 is 0 Å². The quantitative estimate of drug-likeness (QED) is 0.916. The normalized spacial score (nSPS) is 18.6. The monoisotopic (exact) mass is 323 g/mol. The Morgan fingerprint density at radius 3 is 2.50 bits per heavy atom. The maximum absolute atomic E-state index is 4.65. The van der Waals surface area contributed by atoms with Crippen LogP contribution in [0.2, 0.25) is 0 Å². The summed E-state index contributed by atoms with van der Waals surface area (Å²) in [6.45, 7) is 7.20. The zero-order chi connectivity index (χ0) is 16.4. The highest BCUT2D eigenvalue weighted by Crippen LogP contribution is 2.25. The maximum atomic E-state index is 4.65. The van der Waals surface area contributed by atoms with Gasteiger partial charge in [0.15, 0.2) is 0 Å². The van der Waals surface area contributed by atoms with Crippen LogP contribution in [0.15, 0.2) is 36.4 Å². The van der Waals surface area contributed by atoms with Gasteiger partial charge in [0, 0.05) is 44.8 Å². The van der Waals surface area contributed by atoms with Gasteiger partial charge in [-0.05, 0) is 25.3 Å². The van der Waals surface area contributed by atoms with Crippen LogP contribution in [0.5, 0.6) is 0 Å². The van der Waals surface area contributed by atoms with Gasteiger partial charge in [-0.15, -0.1) is 0 Å². The molecule has 0 amide bonds. The van der Waals surface area contributed by atoms with Crippen molar-refractivity contribution in [3.8, 4) is 0 Å². The molecule has 4 rings (SSSR count). The molecule has 1 aromatic heterocycles. The average Bonchev–Trinajstić information content (AvgIpc) is 3.40. The minimum Gasteiger partial charge on any atom is -0.367 e. The molecule has 1 aliphatic heterocycles. The van der Waals surface area contributed by atoms with E-state index in [1.165, 1.54) is 18.4 Å². The Bertz CT molecular complexity index is 675. The Kier molecular flexibility index (Phi) is 4.34. The van der Waals surface area contributed by atoms with E-state index in [1.807, 2.05) is 6.92 Å². The van der Waals surface area contributed by atoms with Gasteiger partial charge < -0.3 is 10.2 Å². The molecule has 5 nitrogen and oxygen atoms in total. The van der Waals surface area contributed by atoms with E-state index in [4.69, 9.17) is 0 Å². The molecular formula is C19H25N5. The number of nitrogens with zero attached hydrogens (tertiary/aromatic N) is 4. The van der Waals surface area contributed by atoms with Crippen LogP contribution in [0.3, 0.4) is 0 Å². The lowest BCUT2D eigenvalue weighted by atomic mass is 10.2. The predicted octanol–water partition coefficient (Wildman–Crippen LogP) is 2.68. The Balaban J connectivity index is 1.37. The van der Waals surface area contributed by atoms with E-state index in [9.17, 15) is 0 Å². The van der Waals surface area contributed by atoms with Crippen LogP contribution in [0.25, 0.3) is 0 Å². The van der Waals surface area contributed by atoms with Gasteiger partial charge in [0.05, 0.1) is 0 Å². The molecule has 0 spiro atoms. The van der Waals surface area contributed by atoms with Gasteiger partial charge in [0.2, 0.25) is 0 Å². The van der Waals surface area contributed by atoms with E-state index >= 15 is 0 Å². The fraction of sp³-hybridized carbons (Fsp3) is 0.474. The highest BCUT2D eigenvalue weighted by Gasteiger charge is 2.23. The Morgan fingerprint density at radius 1 is 1.04 bits per heavy atom. The van der Waals surface area contributed by atoms with Crippen LogP contribution in [0, 0.1) is 6.92 Å². The predicted molar refractivity (Wildman–Crippen MR) is 97.3 cm³/mol. The minimum atomic E-state index is 0.620. The topological polar surface area (TPSA) is 44.3 Å². The molecule has 24 heavy (non-hydrogen) atoms. The number of aryl methyl sites for hydroxylation is 1. The summed E-state index contributed by atoms with van der Waals surface area (Å²) in [6, 6.07) is 13.4. The van der Waals surface area contributed by atoms with Crippen molar-refractivity contribution in [1.82, 2.24) is 14.9 Å². The molecule has 2 aromatic rings. The van der Waals surface area contributed by atoms with Crippen molar-refractivity contribution in [2.75, 3.05) is 36.4 Å². The van der Waals surface area contributed by atoms with E-state index in [0.29, 0.717) is 6.04 Å². The molecule has 0 bridgehead atoms. The van der Waals surface area contributed by atoms with Crippen molar-refractivity contribution >= 4 is 11.6 Å². The summed E-state index contributed by atoms with van der Waals surface area (Å²) in [6.07, 6.45) is 2.52. The largest absolute Gasteiger partial charge is 0.367 e. The summed E-state index contributed by atoms with van der Waals surface area (Å²) >= 11 is 0. The maximum Gasteiger partial charge on any atom is 0.134 e. The number of hydrogen-bond donors (Lipinski definition) is 1. The van der Waals surface area contributed by atoms with Gasteiger partial charge in [-0.2, -0.15) is 0 Å². The number of rotatable bonds is 5. The van der Waals surface area contributed by atoms with Gasteiger partial charge in [-0.25, -0.2) is 9.97 Å². The first-order valence-electron chi connectivity index (χ1n) is 8.90. The molecule has 0 unspecified atom stereocenters. The highest BCUT2D eigenvalue weighted by molar-refractivity contribution is 5.50. The summed E-state index contributed by atoms with van der Waals surface area (Å²) in [5.74, 6) is 2.89. The minimum absolute atomic E-state index is 0.620. The number of piperazine rings is 1. The van der Waals surface area contributed by atoms with Crippen molar-refractivity contribution in [2.45, 2.75) is 32.4 Å². The smallest absolute Gasteiger partial charge is 0.134 e. The second-order valence-electron chi connectivity index (χ2n) is 6.83. The van der Waals surface area contributed by atoms with Gasteiger partial charge in [0.1, 0.15) is 17.5 Å². The number of benzene rings is 1. The molecule has 1 saturated carbocycles. The zero-order valence-corrected chi connectivity index (χ0v) is 14.3. The third-order valence-corrected chi connectivity index (χ3v) is 4.70. The van der Waals surface area contributed by atoms with Crippen molar-refractivity contribution in [3.05, 3.63) is 47.8 Å². The van der Waals surface area contributed by atoms with E-state index in [2.05, 4.69) is 61.5 Å². The van der Waals surface area contributed by atoms with Crippen molar-refractivity contribution in [2.24, 2.45) is 0 Å². The fourth-order valence-corrected chi connectivity index (χ4v) is 3.20. The molecule has 126 valence electrons.